The monoisotopic (exact) mass is 436 g/mol. The van der Waals surface area contributed by atoms with Crippen LogP contribution in [0.15, 0.2) is 23.8 Å². The van der Waals surface area contributed by atoms with Crippen molar-refractivity contribution in [3.63, 3.8) is 0 Å². The highest BCUT2D eigenvalue weighted by atomic mass is 16.7. The number of aliphatic hydroxyl groups excluding tert-OH is 1. The zero-order valence-corrected chi connectivity index (χ0v) is 17.5. The number of hydrogen-bond donors (Lipinski definition) is 1. The Kier molecular flexibility index (Phi) is 3.09. The van der Waals surface area contributed by atoms with Gasteiger partial charge in [-0.05, 0) is 56.0 Å². The summed E-state index contributed by atoms with van der Waals surface area (Å²) >= 11 is 0. The minimum absolute atomic E-state index is 0.000677. The molecule has 9 atom stereocenters. The van der Waals surface area contributed by atoms with Crippen LogP contribution in [0.1, 0.15) is 70.1 Å². The van der Waals surface area contributed by atoms with Crippen molar-refractivity contribution < 1.29 is 39.9 Å². The van der Waals surface area contributed by atoms with E-state index in [-0.39, 0.29) is 42.7 Å². The molecule has 6 heteroatoms. The van der Waals surface area contributed by atoms with Crippen molar-refractivity contribution in [1.82, 2.24) is 0 Å². The Hall–Kier alpha value is -1.63. The highest BCUT2D eigenvalue weighted by Gasteiger charge is 2.75. The molecule has 0 bridgehead atoms. The van der Waals surface area contributed by atoms with Crippen LogP contribution in [0.3, 0.4) is 0 Å². The lowest BCUT2D eigenvalue weighted by molar-refractivity contribution is -0.198. The number of allylic oxidation sites excluding steroid dienone is 4. The van der Waals surface area contributed by atoms with Gasteiger partial charge < -0.3 is 14.6 Å². The lowest BCUT2D eigenvalue weighted by Gasteiger charge is -2.59. The van der Waals surface area contributed by atoms with Crippen molar-refractivity contribution >= 4 is 17.9 Å². The van der Waals surface area contributed by atoms with Crippen molar-refractivity contribution in [1.29, 1.82) is 0 Å². The van der Waals surface area contributed by atoms with E-state index < -0.39 is 60.3 Å². The number of hydrogen-bond acceptors (Lipinski definition) is 6. The topological polar surface area (TPSA) is 89.9 Å². The van der Waals surface area contributed by atoms with Crippen molar-refractivity contribution in [2.45, 2.75) is 83.2 Å². The highest BCUT2D eigenvalue weighted by Crippen LogP contribution is 2.69. The normalized spacial score (nSPS) is 57.7. The first-order chi connectivity index (χ1) is 17.7. The fraction of sp³-hybridized carbons (Fsp3) is 0.720. The minimum Gasteiger partial charge on any atom is -0.393 e. The molecule has 3 saturated carbocycles. The van der Waals surface area contributed by atoms with Gasteiger partial charge in [-0.2, -0.15) is 0 Å². The Balaban J connectivity index is 1.59. The maximum absolute atomic E-state index is 13.4. The quantitative estimate of drug-likeness (QED) is 0.538. The first kappa shape index (κ1) is 13.8. The second-order valence-electron chi connectivity index (χ2n) is 9.91. The molecule has 0 amide bonds. The zero-order chi connectivity index (χ0) is 29.2. The summed E-state index contributed by atoms with van der Waals surface area (Å²) < 4.78 is 75.6. The number of ketones is 2. The van der Waals surface area contributed by atoms with Crippen molar-refractivity contribution in [3.8, 4) is 0 Å². The van der Waals surface area contributed by atoms with Crippen LogP contribution in [-0.2, 0) is 23.9 Å². The number of Topliss-reactive ketones (excluding diaryl/α,β-unsaturated/α-hetero) is 1. The Morgan fingerprint density at radius 3 is 3.03 bits per heavy atom. The molecule has 0 aromatic rings. The average molecular weight is 437 g/mol. The van der Waals surface area contributed by atoms with Crippen LogP contribution < -0.4 is 0 Å². The van der Waals surface area contributed by atoms with Crippen LogP contribution in [0.5, 0.6) is 0 Å². The maximum atomic E-state index is 13.4. The molecule has 0 spiro atoms. The van der Waals surface area contributed by atoms with Crippen molar-refractivity contribution in [2.24, 2.45) is 28.6 Å². The van der Waals surface area contributed by atoms with Crippen LogP contribution in [0, 0.1) is 28.6 Å². The van der Waals surface area contributed by atoms with Crippen LogP contribution >= 0.6 is 0 Å². The predicted octanol–water partition coefficient (Wildman–Crippen LogP) is 2.92. The third kappa shape index (κ3) is 2.58. The van der Waals surface area contributed by atoms with Gasteiger partial charge in [0, 0.05) is 26.3 Å². The molecule has 0 aromatic carbocycles. The summed E-state index contributed by atoms with van der Waals surface area (Å²) in [6.45, 7) is 0.0878. The van der Waals surface area contributed by atoms with Gasteiger partial charge in [0.25, 0.3) is 0 Å². The first-order valence-corrected chi connectivity index (χ1v) is 10.7. The average Bonchev–Trinajstić information content (AvgIpc) is 3.26. The largest absolute Gasteiger partial charge is 0.393 e. The molecule has 1 aliphatic heterocycles. The number of carbonyl (C=O) groups excluding carboxylic acids is 3. The Bertz CT molecular complexity index is 1200. The summed E-state index contributed by atoms with van der Waals surface area (Å²) in [6.07, 6.45) is -6.88. The summed E-state index contributed by atoms with van der Waals surface area (Å²) in [5, 5.41) is 11.6. The van der Waals surface area contributed by atoms with E-state index in [9.17, 15) is 19.5 Å². The predicted molar refractivity (Wildman–Crippen MR) is 112 cm³/mol. The molecule has 5 rings (SSSR count). The molecule has 1 saturated heterocycles. The highest BCUT2D eigenvalue weighted by molar-refractivity contribution is 6.29. The van der Waals surface area contributed by atoms with E-state index in [1.165, 1.54) is 6.08 Å². The second-order valence-corrected chi connectivity index (χ2v) is 9.91. The van der Waals surface area contributed by atoms with Crippen molar-refractivity contribution in [2.75, 3.05) is 0 Å². The van der Waals surface area contributed by atoms with Crippen LogP contribution in [0.25, 0.3) is 0 Å². The van der Waals surface area contributed by atoms with Gasteiger partial charge in [0.2, 0.25) is 5.78 Å². The third-order valence-corrected chi connectivity index (χ3v) is 8.80. The molecule has 168 valence electrons. The second kappa shape index (κ2) is 6.93. The molecule has 4 fully saturated rings. The van der Waals surface area contributed by atoms with E-state index in [0.29, 0.717) is 12.8 Å². The maximum Gasteiger partial charge on any atom is 0.230 e. The lowest BCUT2D eigenvalue weighted by atomic mass is 9.46. The minimum atomic E-state index is -3.62. The van der Waals surface area contributed by atoms with Crippen molar-refractivity contribution in [3.05, 3.63) is 23.8 Å². The smallest absolute Gasteiger partial charge is 0.230 e. The molecule has 0 aromatic heterocycles. The molecule has 5 aliphatic rings. The van der Waals surface area contributed by atoms with E-state index in [1.807, 2.05) is 13.0 Å². The molecular formula is C25H32O6. The standard InChI is InChI=1S/C25H32O6/c1-4-5-21-30-20-11-17-16-7-6-14-10-15(27)8-9-23(14,2)22(16)18(28)12-24(17,3)25(20,31-21)19(29)13-26/h8-10,13,16-18,20-22,28H,4-7,11-12H2,1-3H3/t16?,17?,18?,20-,21?,22?,23+,24+,25-/m1/s1/i1D3,4D2,5D2,21D. The first-order valence-electron chi connectivity index (χ1n) is 14.7. The fourth-order valence-corrected chi connectivity index (χ4v) is 7.60. The summed E-state index contributed by atoms with van der Waals surface area (Å²) in [7, 11) is 0. The molecule has 4 aliphatic carbocycles. The van der Waals surface area contributed by atoms with Crippen LogP contribution in [-0.4, -0.2) is 47.0 Å². The number of aldehydes is 1. The zero-order valence-electron chi connectivity index (χ0n) is 25.5. The van der Waals surface area contributed by atoms with Crippen LogP contribution in [0.2, 0.25) is 0 Å². The van der Waals surface area contributed by atoms with Gasteiger partial charge in [0.1, 0.15) is 0 Å². The summed E-state index contributed by atoms with van der Waals surface area (Å²) in [5.74, 6) is -2.17. The fourth-order valence-electron chi connectivity index (χ4n) is 7.60. The van der Waals surface area contributed by atoms with E-state index in [2.05, 4.69) is 0 Å². The SMILES string of the molecule is [2H]C([2H])([2H])C([2H])([2H])C([2H])([2H])C1([2H])O[C@@H]2CC3C4CCC5=CC(=O)C=C[C@]5(C)C4C(O)C[C@]3(C)[C@]2(C(=O)C=O)O1. The Morgan fingerprint density at radius 2 is 2.29 bits per heavy atom. The summed E-state index contributed by atoms with van der Waals surface area (Å²) in [6, 6.07) is 0. The number of aliphatic hydroxyl groups is 1. The number of fused-ring (bicyclic) bond motifs is 7. The van der Waals surface area contributed by atoms with Gasteiger partial charge >= 0.3 is 0 Å². The van der Waals surface area contributed by atoms with Gasteiger partial charge in [-0.3, -0.25) is 14.4 Å². The van der Waals surface area contributed by atoms with E-state index in [1.54, 1.807) is 13.0 Å². The van der Waals surface area contributed by atoms with Gasteiger partial charge in [-0.25, -0.2) is 0 Å². The molecule has 0 radical (unpaired) electrons. The number of rotatable bonds is 4. The Morgan fingerprint density at radius 1 is 1.48 bits per heavy atom. The van der Waals surface area contributed by atoms with E-state index >= 15 is 0 Å². The molecular weight excluding hydrogens is 396 g/mol. The van der Waals surface area contributed by atoms with Gasteiger partial charge in [-0.1, -0.05) is 38.7 Å². The lowest BCUT2D eigenvalue weighted by Crippen LogP contribution is -2.63. The third-order valence-electron chi connectivity index (χ3n) is 8.80. The Labute approximate surface area is 194 Å². The van der Waals surface area contributed by atoms with Gasteiger partial charge in [0.15, 0.2) is 23.9 Å². The van der Waals surface area contributed by atoms with Gasteiger partial charge in [0.05, 0.1) is 13.6 Å². The molecule has 1 N–H and O–H groups in total. The van der Waals surface area contributed by atoms with Gasteiger partial charge in [-0.15, -0.1) is 0 Å². The number of carbonyl (C=O) groups is 3. The van der Waals surface area contributed by atoms with E-state index in [0.717, 1.165) is 5.57 Å². The number of ether oxygens (including phenoxy) is 2. The molecule has 5 unspecified atom stereocenters. The summed E-state index contributed by atoms with van der Waals surface area (Å²) in [5.41, 5.74) is -3.27. The molecule has 6 nitrogen and oxygen atoms in total. The molecule has 1 heterocycles. The molecule has 31 heavy (non-hydrogen) atoms. The van der Waals surface area contributed by atoms with E-state index in [4.69, 9.17) is 20.4 Å². The summed E-state index contributed by atoms with van der Waals surface area (Å²) in [4.78, 5) is 37.4. The van der Waals surface area contributed by atoms with Crippen LogP contribution in [0.4, 0.5) is 0 Å².